The van der Waals surface area contributed by atoms with Crippen LogP contribution in [0, 0.1) is 5.82 Å². The van der Waals surface area contributed by atoms with E-state index in [2.05, 4.69) is 32.9 Å². The number of nitrogens with zero attached hydrogens (tertiary/aromatic N) is 1. The fourth-order valence-corrected chi connectivity index (χ4v) is 4.65. The van der Waals surface area contributed by atoms with Crippen molar-refractivity contribution in [1.29, 1.82) is 0 Å². The number of rotatable bonds is 9. The van der Waals surface area contributed by atoms with Crippen LogP contribution in [0.2, 0.25) is 0 Å². The molecule has 0 spiro atoms. The summed E-state index contributed by atoms with van der Waals surface area (Å²) in [5.41, 5.74) is 2.69. The van der Waals surface area contributed by atoms with Gasteiger partial charge in [-0.15, -0.1) is 0 Å². The summed E-state index contributed by atoms with van der Waals surface area (Å²) in [6.07, 6.45) is 1.65. The van der Waals surface area contributed by atoms with E-state index in [1.807, 2.05) is 12.1 Å². The number of methoxy groups -OCH3 is 1. The normalized spacial score (nSPS) is 14.8. The van der Waals surface area contributed by atoms with E-state index in [4.69, 9.17) is 14.2 Å². The van der Waals surface area contributed by atoms with E-state index in [9.17, 15) is 14.0 Å². The summed E-state index contributed by atoms with van der Waals surface area (Å²) >= 11 is 0.869. The van der Waals surface area contributed by atoms with Gasteiger partial charge in [0.05, 0.1) is 18.6 Å². The molecule has 0 atom stereocenters. The highest BCUT2D eigenvalue weighted by Crippen LogP contribution is 2.35. The van der Waals surface area contributed by atoms with E-state index in [0.29, 0.717) is 40.7 Å². The fourth-order valence-electron chi connectivity index (χ4n) is 3.82. The molecular weight excluding hydrogens is 505 g/mol. The largest absolute Gasteiger partial charge is 0.493 e. The molecule has 1 heterocycles. The molecule has 2 amide bonds. The maximum atomic E-state index is 13.2. The van der Waals surface area contributed by atoms with E-state index >= 15 is 0 Å². The predicted octanol–water partition coefficient (Wildman–Crippen LogP) is 6.83. The van der Waals surface area contributed by atoms with E-state index < -0.39 is 5.91 Å². The van der Waals surface area contributed by atoms with Gasteiger partial charge in [0.2, 0.25) is 0 Å². The van der Waals surface area contributed by atoms with Gasteiger partial charge in [-0.05, 0) is 76.3 Å². The van der Waals surface area contributed by atoms with Crippen LogP contribution in [0.15, 0.2) is 71.6 Å². The number of ether oxygens (including phenoxy) is 3. The van der Waals surface area contributed by atoms with Crippen molar-refractivity contribution in [2.45, 2.75) is 32.7 Å². The van der Waals surface area contributed by atoms with E-state index in [1.165, 1.54) is 24.8 Å². The van der Waals surface area contributed by atoms with Crippen molar-refractivity contribution in [3.05, 3.63) is 94.1 Å². The molecule has 38 heavy (non-hydrogen) atoms. The standard InChI is InChI=1S/C30H30FNO5S/c1-30(2,3)22-8-12-24(13-9-22)36-15-16-37-25-14-7-21(17-26(25)35-4)18-27-28(33)32(29(34)38-27)19-20-5-10-23(31)11-6-20/h5-14,17-18H,15-16,19H2,1-4H3/b27-18-. The minimum atomic E-state index is -0.392. The Kier molecular flexibility index (Phi) is 8.42. The number of amides is 2. The topological polar surface area (TPSA) is 65.1 Å². The highest BCUT2D eigenvalue weighted by atomic mass is 32.2. The van der Waals surface area contributed by atoms with Gasteiger partial charge in [-0.1, -0.05) is 51.1 Å². The maximum absolute atomic E-state index is 13.2. The van der Waals surface area contributed by atoms with E-state index in [1.54, 1.807) is 36.4 Å². The predicted molar refractivity (Wildman–Crippen MR) is 147 cm³/mol. The van der Waals surface area contributed by atoms with Gasteiger partial charge in [-0.2, -0.15) is 0 Å². The highest BCUT2D eigenvalue weighted by Gasteiger charge is 2.35. The zero-order chi connectivity index (χ0) is 27.3. The number of thioether (sulfide) groups is 1. The Balaban J connectivity index is 1.35. The molecule has 198 valence electrons. The van der Waals surface area contributed by atoms with Gasteiger partial charge in [0, 0.05) is 0 Å². The molecule has 1 aliphatic heterocycles. The van der Waals surface area contributed by atoms with Crippen LogP contribution in [-0.4, -0.2) is 36.4 Å². The molecule has 0 bridgehead atoms. The second kappa shape index (κ2) is 11.7. The third-order valence-corrected chi connectivity index (χ3v) is 6.85. The maximum Gasteiger partial charge on any atom is 0.293 e. The van der Waals surface area contributed by atoms with Crippen molar-refractivity contribution in [1.82, 2.24) is 4.90 Å². The molecule has 1 saturated heterocycles. The van der Waals surface area contributed by atoms with Crippen molar-refractivity contribution < 1.29 is 28.2 Å². The average molecular weight is 536 g/mol. The van der Waals surface area contributed by atoms with Gasteiger partial charge >= 0.3 is 0 Å². The lowest BCUT2D eigenvalue weighted by Gasteiger charge is -2.19. The minimum absolute atomic E-state index is 0.0845. The molecule has 6 nitrogen and oxygen atoms in total. The minimum Gasteiger partial charge on any atom is -0.493 e. The number of hydrogen-bond acceptors (Lipinski definition) is 6. The Labute approximate surface area is 226 Å². The molecule has 1 aliphatic rings. The Morgan fingerprint density at radius 2 is 1.58 bits per heavy atom. The molecule has 0 N–H and O–H groups in total. The van der Waals surface area contributed by atoms with Crippen LogP contribution in [0.4, 0.5) is 9.18 Å². The summed E-state index contributed by atoms with van der Waals surface area (Å²) in [4.78, 5) is 26.7. The van der Waals surface area contributed by atoms with Crippen molar-refractivity contribution in [2.24, 2.45) is 0 Å². The first kappa shape index (κ1) is 27.3. The van der Waals surface area contributed by atoms with Crippen molar-refractivity contribution in [2.75, 3.05) is 20.3 Å². The van der Waals surface area contributed by atoms with Crippen LogP contribution >= 0.6 is 11.8 Å². The quantitative estimate of drug-likeness (QED) is 0.221. The third-order valence-electron chi connectivity index (χ3n) is 5.94. The van der Waals surface area contributed by atoms with Gasteiger partial charge < -0.3 is 14.2 Å². The zero-order valence-corrected chi connectivity index (χ0v) is 22.6. The number of halogens is 1. The molecule has 0 aliphatic carbocycles. The molecular formula is C30H30FNO5S. The summed E-state index contributed by atoms with van der Waals surface area (Å²) < 4.78 is 30.3. The van der Waals surface area contributed by atoms with Gasteiger partial charge in [0.25, 0.3) is 11.1 Å². The van der Waals surface area contributed by atoms with Crippen molar-refractivity contribution in [3.63, 3.8) is 0 Å². The van der Waals surface area contributed by atoms with Crippen LogP contribution < -0.4 is 14.2 Å². The van der Waals surface area contributed by atoms with Crippen molar-refractivity contribution >= 4 is 29.0 Å². The Morgan fingerprint density at radius 1 is 0.895 bits per heavy atom. The fraction of sp³-hybridized carbons (Fsp3) is 0.267. The lowest BCUT2D eigenvalue weighted by molar-refractivity contribution is -0.123. The number of carbonyl (C=O) groups is 2. The molecule has 0 saturated carbocycles. The summed E-state index contributed by atoms with van der Waals surface area (Å²) in [6.45, 7) is 7.27. The number of imide groups is 1. The first-order chi connectivity index (χ1) is 18.1. The van der Waals surface area contributed by atoms with Crippen LogP contribution in [-0.2, 0) is 16.8 Å². The summed E-state index contributed by atoms with van der Waals surface area (Å²) in [6, 6.07) is 19.0. The van der Waals surface area contributed by atoms with Gasteiger partial charge in [0.15, 0.2) is 11.5 Å². The Morgan fingerprint density at radius 3 is 2.24 bits per heavy atom. The van der Waals surface area contributed by atoms with E-state index in [0.717, 1.165) is 22.4 Å². The average Bonchev–Trinajstić information content (AvgIpc) is 3.15. The van der Waals surface area contributed by atoms with Crippen LogP contribution in [0.25, 0.3) is 6.08 Å². The molecule has 3 aromatic rings. The van der Waals surface area contributed by atoms with Gasteiger partial charge in [-0.3, -0.25) is 14.5 Å². The molecule has 4 rings (SSSR count). The van der Waals surface area contributed by atoms with Crippen LogP contribution in [0.1, 0.15) is 37.5 Å². The number of benzene rings is 3. The lowest BCUT2D eigenvalue weighted by atomic mass is 9.87. The first-order valence-electron chi connectivity index (χ1n) is 12.2. The SMILES string of the molecule is COc1cc(/C=C2\SC(=O)N(Cc3ccc(F)cc3)C2=O)ccc1OCCOc1ccc(C(C)(C)C)cc1. The van der Waals surface area contributed by atoms with Crippen LogP contribution in [0.5, 0.6) is 17.2 Å². The summed E-state index contributed by atoms with van der Waals surface area (Å²) in [5.74, 6) is 1.05. The number of hydrogen-bond donors (Lipinski definition) is 0. The summed E-state index contributed by atoms with van der Waals surface area (Å²) in [5, 5.41) is -0.370. The molecule has 0 radical (unpaired) electrons. The van der Waals surface area contributed by atoms with E-state index in [-0.39, 0.29) is 23.0 Å². The molecule has 0 aromatic heterocycles. The van der Waals surface area contributed by atoms with Crippen LogP contribution in [0.3, 0.4) is 0 Å². The smallest absolute Gasteiger partial charge is 0.293 e. The molecule has 3 aromatic carbocycles. The van der Waals surface area contributed by atoms with Gasteiger partial charge in [-0.25, -0.2) is 4.39 Å². The second-order valence-electron chi connectivity index (χ2n) is 9.78. The Hall–Kier alpha value is -3.78. The monoisotopic (exact) mass is 535 g/mol. The molecule has 0 unspecified atom stereocenters. The van der Waals surface area contributed by atoms with Gasteiger partial charge in [0.1, 0.15) is 24.8 Å². The zero-order valence-electron chi connectivity index (χ0n) is 21.8. The first-order valence-corrected chi connectivity index (χ1v) is 13.0. The number of carbonyl (C=O) groups excluding carboxylic acids is 2. The third kappa shape index (κ3) is 6.75. The lowest BCUT2D eigenvalue weighted by Crippen LogP contribution is -2.27. The second-order valence-corrected chi connectivity index (χ2v) is 10.8. The highest BCUT2D eigenvalue weighted by molar-refractivity contribution is 8.18. The van der Waals surface area contributed by atoms with Crippen molar-refractivity contribution in [3.8, 4) is 17.2 Å². The molecule has 1 fully saturated rings. The Bertz CT molecular complexity index is 1330. The summed E-state index contributed by atoms with van der Waals surface area (Å²) in [7, 11) is 1.54. The molecule has 8 heteroatoms.